The van der Waals surface area contributed by atoms with Gasteiger partial charge in [0.15, 0.2) is 0 Å². The van der Waals surface area contributed by atoms with E-state index in [4.69, 9.17) is 11.6 Å². The Balaban J connectivity index is 2.12. The molecule has 2 amide bonds. The van der Waals surface area contributed by atoms with Gasteiger partial charge in [-0.3, -0.25) is 9.59 Å². The molecule has 0 aromatic heterocycles. The molecule has 31 heavy (non-hydrogen) atoms. The summed E-state index contributed by atoms with van der Waals surface area (Å²) in [6, 6.07) is 5.04. The van der Waals surface area contributed by atoms with Gasteiger partial charge in [0.1, 0.15) is 12.1 Å². The average Bonchev–Trinajstić information content (AvgIpc) is 2.66. The number of benzene rings is 1. The first-order valence-corrected chi connectivity index (χ1v) is 11.2. The first-order valence-electron chi connectivity index (χ1n) is 10.8. The van der Waals surface area contributed by atoms with Crippen LogP contribution in [0.3, 0.4) is 0 Å². The number of carbonyl (C=O) groups excluding carboxylic acids is 2. The summed E-state index contributed by atoms with van der Waals surface area (Å²) in [7, 11) is 0. The van der Waals surface area contributed by atoms with Crippen molar-refractivity contribution in [2.24, 2.45) is 5.92 Å². The van der Waals surface area contributed by atoms with Gasteiger partial charge in [-0.25, -0.2) is 4.79 Å². The molecule has 1 aromatic rings. The summed E-state index contributed by atoms with van der Waals surface area (Å²) in [6.45, 7) is 5.11. The fraction of sp³-hybridized carbons (Fsp3) is 0.609. The third-order valence-corrected chi connectivity index (χ3v) is 6.29. The van der Waals surface area contributed by atoms with Crippen LogP contribution in [0.25, 0.3) is 0 Å². The summed E-state index contributed by atoms with van der Waals surface area (Å²) in [5.41, 5.74) is -0.140. The standard InChI is InChI=1S/C23H33ClN2O5/c1-14(27)7-12-18(21(29)30)25-20(28)19(13-15-5-4-6-15)26-22(31)23(2,3)16-8-10-17(24)11-9-16/h8-11,14-15,18-19,27H,4-7,12-13H2,1-3H3,(H,25,28)(H,26,31)(H,29,30)/t14?,18-,19+/m1/s1. The Kier molecular flexibility index (Phi) is 8.89. The van der Waals surface area contributed by atoms with E-state index in [1.807, 2.05) is 0 Å². The maximum absolute atomic E-state index is 13.1. The van der Waals surface area contributed by atoms with Gasteiger partial charge >= 0.3 is 5.97 Å². The zero-order chi connectivity index (χ0) is 23.2. The number of amides is 2. The molecule has 0 aliphatic heterocycles. The van der Waals surface area contributed by atoms with Crippen LogP contribution in [-0.2, 0) is 19.8 Å². The van der Waals surface area contributed by atoms with Crippen molar-refractivity contribution < 1.29 is 24.6 Å². The van der Waals surface area contributed by atoms with Crippen LogP contribution in [0.4, 0.5) is 0 Å². The van der Waals surface area contributed by atoms with Crippen molar-refractivity contribution in [1.82, 2.24) is 10.6 Å². The summed E-state index contributed by atoms with van der Waals surface area (Å²) >= 11 is 5.95. The minimum absolute atomic E-state index is 0.110. The summed E-state index contributed by atoms with van der Waals surface area (Å²) in [5, 5.41) is 24.9. The Hall–Kier alpha value is -2.12. The molecule has 8 heteroatoms. The molecular formula is C23H33ClN2O5. The van der Waals surface area contributed by atoms with E-state index in [0.29, 0.717) is 17.4 Å². The molecule has 1 aliphatic rings. The molecule has 1 fully saturated rings. The molecule has 0 spiro atoms. The highest BCUT2D eigenvalue weighted by Crippen LogP contribution is 2.31. The number of carbonyl (C=O) groups is 3. The number of hydrogen-bond acceptors (Lipinski definition) is 4. The summed E-state index contributed by atoms with van der Waals surface area (Å²) in [4.78, 5) is 37.6. The number of carboxylic acids is 1. The first-order chi connectivity index (χ1) is 14.5. The van der Waals surface area contributed by atoms with E-state index in [1.165, 1.54) is 0 Å². The first kappa shape index (κ1) is 25.1. The predicted octanol–water partition coefficient (Wildman–Crippen LogP) is 3.02. The maximum atomic E-state index is 13.1. The van der Waals surface area contributed by atoms with Gasteiger partial charge in [-0.2, -0.15) is 0 Å². The lowest BCUT2D eigenvalue weighted by Gasteiger charge is -2.32. The van der Waals surface area contributed by atoms with Crippen LogP contribution >= 0.6 is 11.6 Å². The number of nitrogens with one attached hydrogen (secondary N) is 2. The summed E-state index contributed by atoms with van der Waals surface area (Å²) in [5.74, 6) is -1.66. The van der Waals surface area contributed by atoms with E-state index in [-0.39, 0.29) is 18.7 Å². The van der Waals surface area contributed by atoms with Gasteiger partial charge in [-0.1, -0.05) is 43.0 Å². The van der Waals surface area contributed by atoms with Crippen molar-refractivity contribution in [3.63, 3.8) is 0 Å². The van der Waals surface area contributed by atoms with Gasteiger partial charge in [0.2, 0.25) is 11.8 Å². The smallest absolute Gasteiger partial charge is 0.326 e. The number of aliphatic hydroxyl groups excluding tert-OH is 1. The molecule has 1 aromatic carbocycles. The maximum Gasteiger partial charge on any atom is 0.326 e. The number of aliphatic hydroxyl groups is 1. The molecule has 172 valence electrons. The van der Waals surface area contributed by atoms with Gasteiger partial charge < -0.3 is 20.8 Å². The van der Waals surface area contributed by atoms with Crippen molar-refractivity contribution in [3.05, 3.63) is 34.9 Å². The van der Waals surface area contributed by atoms with Gasteiger partial charge in [0, 0.05) is 5.02 Å². The van der Waals surface area contributed by atoms with Crippen LogP contribution in [0.15, 0.2) is 24.3 Å². The number of halogens is 1. The van der Waals surface area contributed by atoms with Gasteiger partial charge in [-0.15, -0.1) is 0 Å². The quantitative estimate of drug-likeness (QED) is 0.412. The van der Waals surface area contributed by atoms with E-state index in [1.54, 1.807) is 45.0 Å². The highest BCUT2D eigenvalue weighted by Gasteiger charge is 2.35. The summed E-state index contributed by atoms with van der Waals surface area (Å²) in [6.07, 6.45) is 3.24. The van der Waals surface area contributed by atoms with Crippen molar-refractivity contribution in [3.8, 4) is 0 Å². The SMILES string of the molecule is CC(O)CC[C@@H](NC(=O)[C@H](CC1CCC1)NC(=O)C(C)(C)c1ccc(Cl)cc1)C(=O)O. The Labute approximate surface area is 188 Å². The topological polar surface area (TPSA) is 116 Å². The lowest BCUT2D eigenvalue weighted by molar-refractivity contribution is -0.142. The molecule has 0 radical (unpaired) electrons. The van der Waals surface area contributed by atoms with Crippen LogP contribution < -0.4 is 10.6 Å². The van der Waals surface area contributed by atoms with Crippen molar-refractivity contribution in [2.45, 2.75) is 82.9 Å². The van der Waals surface area contributed by atoms with Crippen LogP contribution in [0.1, 0.15) is 64.9 Å². The van der Waals surface area contributed by atoms with Gasteiger partial charge in [0.05, 0.1) is 11.5 Å². The van der Waals surface area contributed by atoms with E-state index in [2.05, 4.69) is 10.6 Å². The molecule has 3 atom stereocenters. The van der Waals surface area contributed by atoms with E-state index in [9.17, 15) is 24.6 Å². The second-order valence-electron chi connectivity index (χ2n) is 9.02. The van der Waals surface area contributed by atoms with Crippen LogP contribution in [0.5, 0.6) is 0 Å². The molecule has 1 aliphatic carbocycles. The van der Waals surface area contributed by atoms with Crippen LogP contribution in [-0.4, -0.2) is 46.2 Å². The van der Waals surface area contributed by atoms with Crippen molar-refractivity contribution in [2.75, 3.05) is 0 Å². The van der Waals surface area contributed by atoms with Crippen LogP contribution in [0, 0.1) is 5.92 Å². The largest absolute Gasteiger partial charge is 0.480 e. The Bertz CT molecular complexity index is 775. The number of rotatable bonds is 11. The lowest BCUT2D eigenvalue weighted by atomic mass is 9.79. The Morgan fingerprint density at radius 3 is 2.19 bits per heavy atom. The molecular weight excluding hydrogens is 420 g/mol. The highest BCUT2D eigenvalue weighted by molar-refractivity contribution is 6.30. The zero-order valence-electron chi connectivity index (χ0n) is 18.4. The van der Waals surface area contributed by atoms with E-state index in [0.717, 1.165) is 24.8 Å². The second kappa shape index (κ2) is 11.0. The fourth-order valence-electron chi connectivity index (χ4n) is 3.57. The molecule has 0 heterocycles. The molecule has 7 nitrogen and oxygen atoms in total. The van der Waals surface area contributed by atoms with Crippen molar-refractivity contribution in [1.29, 1.82) is 0 Å². The average molecular weight is 453 g/mol. The van der Waals surface area contributed by atoms with Gasteiger partial charge in [-0.05, 0) is 63.6 Å². The van der Waals surface area contributed by atoms with Crippen LogP contribution in [0.2, 0.25) is 5.02 Å². The molecule has 1 saturated carbocycles. The second-order valence-corrected chi connectivity index (χ2v) is 9.45. The fourth-order valence-corrected chi connectivity index (χ4v) is 3.69. The van der Waals surface area contributed by atoms with E-state index >= 15 is 0 Å². The highest BCUT2D eigenvalue weighted by atomic mass is 35.5. The third-order valence-electron chi connectivity index (χ3n) is 6.04. The summed E-state index contributed by atoms with van der Waals surface area (Å²) < 4.78 is 0. The number of carboxylic acid groups (broad SMARTS) is 1. The molecule has 2 rings (SSSR count). The monoisotopic (exact) mass is 452 g/mol. The number of aliphatic carboxylic acids is 1. The predicted molar refractivity (Wildman–Crippen MR) is 119 cm³/mol. The molecule has 1 unspecified atom stereocenters. The van der Waals surface area contributed by atoms with Gasteiger partial charge in [0.25, 0.3) is 0 Å². The lowest BCUT2D eigenvalue weighted by Crippen LogP contribution is -2.55. The Morgan fingerprint density at radius 1 is 1.10 bits per heavy atom. The minimum Gasteiger partial charge on any atom is -0.480 e. The molecule has 0 saturated heterocycles. The minimum atomic E-state index is -1.16. The zero-order valence-corrected chi connectivity index (χ0v) is 19.1. The van der Waals surface area contributed by atoms with Crippen molar-refractivity contribution >= 4 is 29.4 Å². The Morgan fingerprint density at radius 2 is 1.71 bits per heavy atom. The third kappa shape index (κ3) is 7.21. The van der Waals surface area contributed by atoms with E-state index < -0.39 is 35.5 Å². The molecule has 0 bridgehead atoms. The molecule has 4 N–H and O–H groups in total. The number of hydrogen-bond donors (Lipinski definition) is 4. The normalized spacial score (nSPS) is 17.2.